The Morgan fingerprint density at radius 3 is 2.76 bits per heavy atom. The molecule has 0 aliphatic heterocycles. The summed E-state index contributed by atoms with van der Waals surface area (Å²) >= 11 is 0. The fraction of sp³-hybridized carbons (Fsp3) is 0.500. The number of guanidine groups is 1. The molecule has 1 aliphatic carbocycles. The third-order valence-electron chi connectivity index (χ3n) is 4.19. The van der Waals surface area contributed by atoms with Crippen LogP contribution in [0.15, 0.2) is 41.7 Å². The molecule has 2 aromatic rings. The fourth-order valence-corrected chi connectivity index (χ4v) is 2.59. The number of aliphatic imine (C=N–C) groups is 1. The summed E-state index contributed by atoms with van der Waals surface area (Å²) in [7, 11) is 0. The maximum absolute atomic E-state index is 4.74. The highest BCUT2D eigenvalue weighted by molar-refractivity contribution is 14.0. The van der Waals surface area contributed by atoms with Crippen LogP contribution in [-0.2, 0) is 13.0 Å². The van der Waals surface area contributed by atoms with Gasteiger partial charge in [-0.2, -0.15) is 0 Å². The Balaban J connectivity index is 0.00000225. The van der Waals surface area contributed by atoms with Crippen molar-refractivity contribution in [3.05, 3.63) is 48.0 Å². The lowest BCUT2D eigenvalue weighted by atomic mass is 10.1. The lowest BCUT2D eigenvalue weighted by molar-refractivity contribution is 0.647. The van der Waals surface area contributed by atoms with Crippen molar-refractivity contribution in [2.24, 2.45) is 4.99 Å². The molecule has 6 nitrogen and oxygen atoms in total. The highest BCUT2D eigenvalue weighted by atomic mass is 127. The standard InChI is InChI=1S/C18H26N6.HI/c1-3-17-23-20-13-24(17)12-11-19-18(22-16-9-10-16)21-14(2)15-7-5-4-6-8-15;/h4-8,13-14,16H,3,9-12H2,1-2H3,(H2,19,21,22);1H. The van der Waals surface area contributed by atoms with E-state index in [1.165, 1.54) is 18.4 Å². The van der Waals surface area contributed by atoms with Crippen molar-refractivity contribution in [3.8, 4) is 0 Å². The van der Waals surface area contributed by atoms with Crippen molar-refractivity contribution in [2.45, 2.75) is 51.7 Å². The van der Waals surface area contributed by atoms with Crippen LogP contribution < -0.4 is 10.6 Å². The second-order valence-corrected chi connectivity index (χ2v) is 6.22. The molecule has 1 unspecified atom stereocenters. The van der Waals surface area contributed by atoms with Crippen molar-refractivity contribution in [2.75, 3.05) is 6.54 Å². The summed E-state index contributed by atoms with van der Waals surface area (Å²) in [5.74, 6) is 1.90. The van der Waals surface area contributed by atoms with Gasteiger partial charge in [0.05, 0.1) is 12.6 Å². The molecule has 0 amide bonds. The largest absolute Gasteiger partial charge is 0.354 e. The molecule has 0 bridgehead atoms. The van der Waals surface area contributed by atoms with Crippen molar-refractivity contribution < 1.29 is 0 Å². The molecular formula is C18H27IN6. The van der Waals surface area contributed by atoms with E-state index < -0.39 is 0 Å². The molecule has 1 atom stereocenters. The molecule has 25 heavy (non-hydrogen) atoms. The Hall–Kier alpha value is -1.64. The maximum Gasteiger partial charge on any atom is 0.192 e. The predicted molar refractivity (Wildman–Crippen MR) is 111 cm³/mol. The van der Waals surface area contributed by atoms with Crippen molar-refractivity contribution >= 4 is 29.9 Å². The van der Waals surface area contributed by atoms with Crippen LogP contribution in [0.5, 0.6) is 0 Å². The molecule has 0 radical (unpaired) electrons. The molecule has 3 rings (SSSR count). The molecule has 7 heteroatoms. The molecule has 1 aliphatic rings. The van der Waals surface area contributed by atoms with Gasteiger partial charge in [0, 0.05) is 19.0 Å². The van der Waals surface area contributed by atoms with E-state index in [1.54, 1.807) is 6.33 Å². The number of nitrogens with one attached hydrogen (secondary N) is 2. The van der Waals surface area contributed by atoms with Crippen LogP contribution in [0.25, 0.3) is 0 Å². The first-order valence-corrected chi connectivity index (χ1v) is 8.75. The first-order chi connectivity index (χ1) is 11.8. The number of hydrogen-bond donors (Lipinski definition) is 2. The van der Waals surface area contributed by atoms with E-state index in [9.17, 15) is 0 Å². The summed E-state index contributed by atoms with van der Waals surface area (Å²) in [6.45, 7) is 5.75. The number of halogens is 1. The van der Waals surface area contributed by atoms with Gasteiger partial charge in [0.2, 0.25) is 0 Å². The Labute approximate surface area is 166 Å². The van der Waals surface area contributed by atoms with Crippen LogP contribution in [0, 0.1) is 0 Å². The Bertz CT molecular complexity index is 665. The minimum absolute atomic E-state index is 0. The zero-order chi connectivity index (χ0) is 16.8. The number of hydrogen-bond acceptors (Lipinski definition) is 3. The van der Waals surface area contributed by atoms with E-state index in [2.05, 4.69) is 63.5 Å². The molecule has 0 saturated heterocycles. The second kappa shape index (κ2) is 9.74. The van der Waals surface area contributed by atoms with Gasteiger partial charge in [-0.1, -0.05) is 37.3 Å². The topological polar surface area (TPSA) is 67.1 Å². The van der Waals surface area contributed by atoms with Crippen molar-refractivity contribution in [1.29, 1.82) is 0 Å². The number of nitrogens with zero attached hydrogens (tertiary/aromatic N) is 4. The predicted octanol–water partition coefficient (Wildman–Crippen LogP) is 2.92. The Morgan fingerprint density at radius 1 is 1.32 bits per heavy atom. The minimum Gasteiger partial charge on any atom is -0.354 e. The van der Waals surface area contributed by atoms with E-state index in [1.807, 2.05) is 6.07 Å². The second-order valence-electron chi connectivity index (χ2n) is 6.22. The summed E-state index contributed by atoms with van der Waals surface area (Å²) in [5, 5.41) is 15.1. The Morgan fingerprint density at radius 2 is 2.08 bits per heavy atom. The number of aryl methyl sites for hydroxylation is 1. The van der Waals surface area contributed by atoms with Crippen LogP contribution in [-0.4, -0.2) is 33.3 Å². The lowest BCUT2D eigenvalue weighted by Crippen LogP contribution is -2.40. The van der Waals surface area contributed by atoms with E-state index in [0.717, 1.165) is 24.7 Å². The first kappa shape index (κ1) is 19.7. The SMILES string of the molecule is CCc1nncn1CCN=C(NC1CC1)NC(C)c1ccccc1.I. The smallest absolute Gasteiger partial charge is 0.192 e. The molecule has 2 N–H and O–H groups in total. The van der Waals surface area contributed by atoms with Gasteiger partial charge in [0.15, 0.2) is 5.96 Å². The molecule has 1 aromatic carbocycles. The third kappa shape index (κ3) is 5.98. The maximum atomic E-state index is 4.74. The molecule has 1 aromatic heterocycles. The van der Waals surface area contributed by atoms with E-state index in [4.69, 9.17) is 4.99 Å². The van der Waals surface area contributed by atoms with Gasteiger partial charge >= 0.3 is 0 Å². The first-order valence-electron chi connectivity index (χ1n) is 8.75. The highest BCUT2D eigenvalue weighted by Gasteiger charge is 2.23. The van der Waals surface area contributed by atoms with Gasteiger partial charge < -0.3 is 15.2 Å². The zero-order valence-electron chi connectivity index (χ0n) is 14.9. The number of rotatable bonds is 7. The molecule has 1 heterocycles. The van der Waals surface area contributed by atoms with Crippen molar-refractivity contribution in [3.63, 3.8) is 0 Å². The molecule has 136 valence electrons. The fourth-order valence-electron chi connectivity index (χ4n) is 2.59. The summed E-state index contributed by atoms with van der Waals surface area (Å²) in [4.78, 5) is 4.74. The average Bonchev–Trinajstić information content (AvgIpc) is 3.31. The Kier molecular flexibility index (Phi) is 7.67. The van der Waals surface area contributed by atoms with Gasteiger partial charge in [-0.3, -0.25) is 4.99 Å². The highest BCUT2D eigenvalue weighted by Crippen LogP contribution is 2.19. The van der Waals surface area contributed by atoms with Crippen LogP contribution in [0.2, 0.25) is 0 Å². The summed E-state index contributed by atoms with van der Waals surface area (Å²) < 4.78 is 2.07. The average molecular weight is 454 g/mol. The lowest BCUT2D eigenvalue weighted by Gasteiger charge is -2.18. The quantitative estimate of drug-likeness (QED) is 0.384. The van der Waals surface area contributed by atoms with Gasteiger partial charge in [-0.05, 0) is 25.3 Å². The molecule has 1 fully saturated rings. The summed E-state index contributed by atoms with van der Waals surface area (Å²) in [5.41, 5.74) is 1.26. The van der Waals surface area contributed by atoms with Crippen LogP contribution >= 0.6 is 24.0 Å². The normalized spacial score (nSPS) is 15.4. The van der Waals surface area contributed by atoms with E-state index >= 15 is 0 Å². The van der Waals surface area contributed by atoms with Gasteiger partial charge in [-0.15, -0.1) is 34.2 Å². The monoisotopic (exact) mass is 454 g/mol. The van der Waals surface area contributed by atoms with E-state index in [-0.39, 0.29) is 30.0 Å². The van der Waals surface area contributed by atoms with Crippen LogP contribution in [0.3, 0.4) is 0 Å². The van der Waals surface area contributed by atoms with Crippen LogP contribution in [0.1, 0.15) is 44.1 Å². The summed E-state index contributed by atoms with van der Waals surface area (Å²) in [6.07, 6.45) is 5.13. The van der Waals surface area contributed by atoms with Crippen molar-refractivity contribution in [1.82, 2.24) is 25.4 Å². The zero-order valence-corrected chi connectivity index (χ0v) is 17.2. The molecule has 0 spiro atoms. The molecule has 1 saturated carbocycles. The van der Waals surface area contributed by atoms with E-state index in [0.29, 0.717) is 12.6 Å². The number of aromatic nitrogens is 3. The summed E-state index contributed by atoms with van der Waals surface area (Å²) in [6, 6.07) is 11.2. The minimum atomic E-state index is 0. The van der Waals surface area contributed by atoms with Gasteiger partial charge in [-0.25, -0.2) is 0 Å². The number of benzene rings is 1. The molecular weight excluding hydrogens is 427 g/mol. The van der Waals surface area contributed by atoms with Gasteiger partial charge in [0.1, 0.15) is 12.2 Å². The van der Waals surface area contributed by atoms with Crippen LogP contribution in [0.4, 0.5) is 0 Å². The van der Waals surface area contributed by atoms with Gasteiger partial charge in [0.25, 0.3) is 0 Å². The third-order valence-corrected chi connectivity index (χ3v) is 4.19.